The van der Waals surface area contributed by atoms with Gasteiger partial charge in [0, 0.05) is 35.3 Å². The van der Waals surface area contributed by atoms with Crippen LogP contribution in [0.3, 0.4) is 0 Å². The van der Waals surface area contributed by atoms with Gasteiger partial charge in [0.05, 0.1) is 30.9 Å². The predicted octanol–water partition coefficient (Wildman–Crippen LogP) is 8.26. The summed E-state index contributed by atoms with van der Waals surface area (Å²) in [5, 5.41) is 33.8. The van der Waals surface area contributed by atoms with Gasteiger partial charge in [-0.1, -0.05) is 55.4 Å². The van der Waals surface area contributed by atoms with Crippen LogP contribution in [0.1, 0.15) is 85.9 Å². The van der Waals surface area contributed by atoms with Gasteiger partial charge in [-0.2, -0.15) is 0 Å². The average molecular weight is 1090 g/mol. The van der Waals surface area contributed by atoms with Crippen LogP contribution >= 0.6 is 22.7 Å². The molecule has 6 rings (SSSR count). The van der Waals surface area contributed by atoms with E-state index in [1.165, 1.54) is 34.8 Å². The molecular weight excluding hydrogens is 1030 g/mol. The van der Waals surface area contributed by atoms with Gasteiger partial charge in [0.25, 0.3) is 0 Å². The predicted molar refractivity (Wildman–Crippen MR) is 296 cm³/mol. The number of anilines is 5. The molecule has 77 heavy (non-hydrogen) atoms. The fourth-order valence-electron chi connectivity index (χ4n) is 7.66. The molecule has 0 saturated carbocycles. The van der Waals surface area contributed by atoms with Gasteiger partial charge in [-0.3, -0.25) is 9.59 Å². The third-order valence-electron chi connectivity index (χ3n) is 11.5. The first-order valence-electron chi connectivity index (χ1n) is 24.8. The van der Waals surface area contributed by atoms with E-state index in [4.69, 9.17) is 15.2 Å². The summed E-state index contributed by atoms with van der Waals surface area (Å²) in [6, 6.07) is 18.7. The van der Waals surface area contributed by atoms with E-state index in [1.54, 1.807) is 64.8 Å². The SMILES string of the molecule is Cc1cc(N(C)c2nc(C(=O)O)c(CCCOc3ccc(C#CC[N+](C)(C)Cc4ccc(NC(=O)[C@H](CCCNC(N)=O)NC(=O)[C@@H](NC(=O)OC(C)(C)C)C(C)C)cc4)cc3F)s2)nnc1Nc1nc2ccccc2s1. The Morgan fingerprint density at radius 1 is 0.935 bits per heavy atom. The van der Waals surface area contributed by atoms with E-state index < -0.39 is 53.4 Å². The smallest absolute Gasteiger partial charge is 0.408 e. The molecule has 3 heterocycles. The number of halogens is 1. The summed E-state index contributed by atoms with van der Waals surface area (Å²) in [6.07, 6.45) is 0.465. The second kappa shape index (κ2) is 26.2. The fourth-order valence-corrected chi connectivity index (χ4v) is 9.59. The number of para-hydroxylation sites is 1. The standard InChI is InChI=1S/C54H65FN12O8S2/c1-32(2)44(62-53(73)75-54(4,5)6)48(69)59-39(17-12-26-57-50(56)72)47(68)58-36-23-20-35(21-24-36)31-67(8,9)27-13-15-34-22-25-40(37(55)30-34)74-28-14-19-42-45(49(70)71)61-52(77-42)66(7)43-29-33(3)46(65-64-43)63-51-60-38-16-10-11-18-41(38)76-51/h10-11,16,18,20-25,29-30,32,39,44H,12,14,17,19,26-28,31H2,1-9H3,(H7-,56,57,58,59,60,62,63,65,68,69,70,71,72,73)/p+1/t39-,44-/m0/s1. The molecule has 0 spiro atoms. The Morgan fingerprint density at radius 3 is 2.34 bits per heavy atom. The minimum Gasteiger partial charge on any atom is -0.491 e. The van der Waals surface area contributed by atoms with Crippen LogP contribution in [0, 0.1) is 30.5 Å². The third-order valence-corrected chi connectivity index (χ3v) is 13.7. The highest BCUT2D eigenvalue weighted by atomic mass is 32.1. The Bertz CT molecular complexity index is 3100. The number of hydrogen-bond acceptors (Lipinski definition) is 15. The summed E-state index contributed by atoms with van der Waals surface area (Å²) in [5.74, 6) is 4.15. The van der Waals surface area contributed by atoms with Crippen molar-refractivity contribution in [2.45, 2.75) is 91.5 Å². The Balaban J connectivity index is 0.976. The number of nitrogens with two attached hydrogens (primary N) is 1. The van der Waals surface area contributed by atoms with Crippen LogP contribution in [0.5, 0.6) is 5.75 Å². The molecule has 0 radical (unpaired) electrons. The van der Waals surface area contributed by atoms with Gasteiger partial charge in [-0.05, 0) is 119 Å². The van der Waals surface area contributed by atoms with Crippen molar-refractivity contribution in [1.29, 1.82) is 0 Å². The molecule has 0 bridgehead atoms. The number of hydrogen-bond donors (Lipinski definition) is 7. The van der Waals surface area contributed by atoms with E-state index in [-0.39, 0.29) is 36.9 Å². The minimum atomic E-state index is -1.16. The zero-order valence-corrected chi connectivity index (χ0v) is 46.2. The largest absolute Gasteiger partial charge is 0.491 e. The van der Waals surface area contributed by atoms with E-state index in [0.29, 0.717) is 74.9 Å². The topological polar surface area (TPSA) is 265 Å². The molecule has 5 amide bonds. The zero-order chi connectivity index (χ0) is 56.0. The molecule has 3 aromatic carbocycles. The third kappa shape index (κ3) is 17.6. The minimum absolute atomic E-state index is 0.0506. The second-order valence-corrected chi connectivity index (χ2v) is 22.3. The van der Waals surface area contributed by atoms with Gasteiger partial charge in [0.1, 0.15) is 30.8 Å². The number of carbonyl (C=O) groups excluding carboxylic acids is 4. The highest BCUT2D eigenvalue weighted by Gasteiger charge is 2.31. The number of aromatic nitrogens is 4. The lowest BCUT2D eigenvalue weighted by Gasteiger charge is -2.27. The average Bonchev–Trinajstić information content (AvgIpc) is 3.98. The van der Waals surface area contributed by atoms with Gasteiger partial charge < -0.3 is 56.3 Å². The van der Waals surface area contributed by atoms with Gasteiger partial charge in [0.2, 0.25) is 11.8 Å². The van der Waals surface area contributed by atoms with E-state index in [0.717, 1.165) is 21.3 Å². The van der Waals surface area contributed by atoms with Gasteiger partial charge in [0.15, 0.2) is 39.2 Å². The highest BCUT2D eigenvalue weighted by Crippen LogP contribution is 2.33. The van der Waals surface area contributed by atoms with Crippen molar-refractivity contribution in [3.8, 4) is 17.6 Å². The Morgan fingerprint density at radius 2 is 1.68 bits per heavy atom. The maximum absolute atomic E-state index is 15.2. The number of carboxylic acid groups (broad SMARTS) is 1. The Kier molecular flexibility index (Phi) is 19.9. The maximum atomic E-state index is 15.2. The molecule has 20 nitrogen and oxygen atoms in total. The number of carbonyl (C=O) groups is 5. The summed E-state index contributed by atoms with van der Waals surface area (Å²) in [4.78, 5) is 74.3. The fraction of sp³-hybridized carbons (Fsp3) is 0.389. The van der Waals surface area contributed by atoms with Crippen molar-refractivity contribution in [1.82, 2.24) is 36.1 Å². The Labute approximate surface area is 455 Å². The maximum Gasteiger partial charge on any atom is 0.408 e. The number of fused-ring (bicyclic) bond motifs is 1. The second-order valence-electron chi connectivity index (χ2n) is 20.2. The first kappa shape index (κ1) is 58.3. The number of urea groups is 1. The summed E-state index contributed by atoms with van der Waals surface area (Å²) < 4.78 is 27.9. The summed E-state index contributed by atoms with van der Waals surface area (Å²) in [5.41, 5.74) is 7.97. The number of amides is 5. The van der Waals surface area contributed by atoms with Crippen LogP contribution in [0.25, 0.3) is 10.2 Å². The molecule has 0 fully saturated rings. The number of primary amides is 1. The summed E-state index contributed by atoms with van der Waals surface area (Å²) in [7, 11) is 5.76. The van der Waals surface area contributed by atoms with Crippen LogP contribution in [0.2, 0.25) is 0 Å². The molecule has 0 aliphatic rings. The van der Waals surface area contributed by atoms with Crippen molar-refractivity contribution in [3.05, 3.63) is 106 Å². The Hall–Kier alpha value is -7.94. The molecule has 2 atom stereocenters. The number of ether oxygens (including phenoxy) is 2. The number of alkyl carbamates (subject to hydrolysis) is 1. The number of carboxylic acids is 1. The number of nitrogens with zero attached hydrogens (tertiary/aromatic N) is 6. The van der Waals surface area contributed by atoms with Crippen LogP contribution in [0.15, 0.2) is 72.8 Å². The van der Waals surface area contributed by atoms with Crippen molar-refractivity contribution in [3.63, 3.8) is 0 Å². The lowest BCUT2D eigenvalue weighted by Crippen LogP contribution is -2.55. The van der Waals surface area contributed by atoms with Gasteiger partial charge in [-0.15, -0.1) is 21.5 Å². The van der Waals surface area contributed by atoms with Crippen molar-refractivity contribution in [2.75, 3.05) is 56.4 Å². The van der Waals surface area contributed by atoms with Crippen molar-refractivity contribution in [2.24, 2.45) is 11.7 Å². The molecule has 408 valence electrons. The molecule has 6 aromatic rings. The quantitative estimate of drug-likeness (QED) is 0.0181. The van der Waals surface area contributed by atoms with Crippen molar-refractivity contribution < 1.29 is 47.4 Å². The van der Waals surface area contributed by atoms with E-state index in [9.17, 15) is 29.1 Å². The zero-order valence-electron chi connectivity index (χ0n) is 44.6. The molecule has 0 aliphatic heterocycles. The molecule has 0 saturated heterocycles. The van der Waals surface area contributed by atoms with E-state index >= 15 is 4.39 Å². The first-order valence-corrected chi connectivity index (χ1v) is 26.5. The molecule has 8 N–H and O–H groups in total. The molecular formula is C54H66FN12O8S2+. The monoisotopic (exact) mass is 1090 g/mol. The first-order chi connectivity index (χ1) is 36.4. The van der Waals surface area contributed by atoms with Crippen molar-refractivity contribution >= 4 is 90.4 Å². The van der Waals surface area contributed by atoms with Gasteiger partial charge >= 0.3 is 18.1 Å². The number of rotatable bonds is 23. The van der Waals surface area contributed by atoms with Crippen LogP contribution in [-0.2, 0) is 27.3 Å². The van der Waals surface area contributed by atoms with Crippen LogP contribution in [0.4, 0.5) is 41.6 Å². The normalized spacial score (nSPS) is 12.2. The highest BCUT2D eigenvalue weighted by molar-refractivity contribution is 7.22. The van der Waals surface area contributed by atoms with Crippen LogP contribution in [-0.4, -0.2) is 118 Å². The van der Waals surface area contributed by atoms with Crippen LogP contribution < -0.4 is 42.0 Å². The number of thiazole rings is 2. The number of quaternary nitrogens is 1. The number of aryl methyl sites for hydroxylation is 2. The summed E-state index contributed by atoms with van der Waals surface area (Å²) in [6.45, 7) is 11.9. The lowest BCUT2D eigenvalue weighted by molar-refractivity contribution is -0.896. The number of benzene rings is 3. The lowest BCUT2D eigenvalue weighted by atomic mass is 10.0. The number of aromatic carboxylic acids is 1. The van der Waals surface area contributed by atoms with E-state index in [1.807, 2.05) is 63.5 Å². The molecule has 0 aliphatic carbocycles. The van der Waals surface area contributed by atoms with E-state index in [2.05, 4.69) is 58.6 Å². The molecule has 23 heteroatoms. The number of nitrogens with one attached hydrogen (secondary N) is 5. The molecule has 0 unspecified atom stereocenters. The van der Waals surface area contributed by atoms with Gasteiger partial charge in [-0.25, -0.2) is 28.7 Å². The summed E-state index contributed by atoms with van der Waals surface area (Å²) >= 11 is 2.74. The molecule has 3 aromatic heterocycles.